The number of rotatable bonds is 3. The molecular formula is C13H28N4. The highest BCUT2D eigenvalue weighted by molar-refractivity contribution is 4.82. The normalized spacial score (nSPS) is 33.5. The van der Waals surface area contributed by atoms with Crippen LogP contribution in [0.4, 0.5) is 0 Å². The average molecular weight is 240 g/mol. The van der Waals surface area contributed by atoms with E-state index in [9.17, 15) is 0 Å². The third-order valence-corrected chi connectivity index (χ3v) is 4.20. The summed E-state index contributed by atoms with van der Waals surface area (Å²) in [5, 5.41) is 7.25. The summed E-state index contributed by atoms with van der Waals surface area (Å²) >= 11 is 0. The van der Waals surface area contributed by atoms with Gasteiger partial charge in [-0.05, 0) is 46.4 Å². The number of hydrogen-bond acceptors (Lipinski definition) is 4. The molecule has 0 radical (unpaired) electrons. The Morgan fingerprint density at radius 1 is 1.18 bits per heavy atom. The summed E-state index contributed by atoms with van der Waals surface area (Å²) < 4.78 is 0. The molecule has 4 nitrogen and oxygen atoms in total. The first kappa shape index (κ1) is 13.3. The van der Waals surface area contributed by atoms with Gasteiger partial charge in [0.25, 0.3) is 0 Å². The van der Waals surface area contributed by atoms with Crippen LogP contribution in [0.2, 0.25) is 0 Å². The number of nitrogens with one attached hydrogen (secondary N) is 2. The van der Waals surface area contributed by atoms with Crippen molar-refractivity contribution in [2.75, 3.05) is 53.4 Å². The number of hydrogen-bond donors (Lipinski definition) is 2. The molecule has 17 heavy (non-hydrogen) atoms. The molecule has 0 aromatic rings. The highest BCUT2D eigenvalue weighted by Gasteiger charge is 2.22. The lowest BCUT2D eigenvalue weighted by atomic mass is 10.1. The molecule has 2 unspecified atom stereocenters. The van der Waals surface area contributed by atoms with Gasteiger partial charge in [-0.1, -0.05) is 0 Å². The van der Waals surface area contributed by atoms with E-state index in [1.165, 1.54) is 52.0 Å². The SMILES string of the molecule is CN1CCN(C)C(CNC2CCCNCC2)C1. The Morgan fingerprint density at radius 2 is 2.06 bits per heavy atom. The summed E-state index contributed by atoms with van der Waals surface area (Å²) in [6.07, 6.45) is 3.93. The van der Waals surface area contributed by atoms with Gasteiger partial charge < -0.3 is 15.5 Å². The molecule has 2 atom stereocenters. The Labute approximate surface area is 106 Å². The molecule has 2 N–H and O–H groups in total. The molecule has 2 rings (SSSR count). The van der Waals surface area contributed by atoms with Crippen LogP contribution >= 0.6 is 0 Å². The molecule has 2 aliphatic heterocycles. The number of nitrogens with zero attached hydrogens (tertiary/aromatic N) is 2. The van der Waals surface area contributed by atoms with Crippen LogP contribution in [0.25, 0.3) is 0 Å². The molecule has 4 heteroatoms. The standard InChI is InChI=1S/C13H28N4/c1-16-8-9-17(2)13(11-16)10-15-12-4-3-6-14-7-5-12/h12-15H,3-11H2,1-2H3. The number of piperazine rings is 1. The van der Waals surface area contributed by atoms with Gasteiger partial charge in [0.2, 0.25) is 0 Å². The van der Waals surface area contributed by atoms with Crippen LogP contribution in [0, 0.1) is 0 Å². The minimum atomic E-state index is 0.685. The summed E-state index contributed by atoms with van der Waals surface area (Å²) in [6, 6.07) is 1.41. The summed E-state index contributed by atoms with van der Waals surface area (Å²) in [4.78, 5) is 4.95. The fourth-order valence-electron chi connectivity index (χ4n) is 2.85. The van der Waals surface area contributed by atoms with Crippen LogP contribution < -0.4 is 10.6 Å². The van der Waals surface area contributed by atoms with Crippen molar-refractivity contribution in [3.8, 4) is 0 Å². The fourth-order valence-corrected chi connectivity index (χ4v) is 2.85. The summed E-state index contributed by atoms with van der Waals surface area (Å²) in [5.74, 6) is 0. The lowest BCUT2D eigenvalue weighted by Crippen LogP contribution is -2.54. The Morgan fingerprint density at radius 3 is 2.94 bits per heavy atom. The molecule has 2 heterocycles. The molecule has 0 aromatic heterocycles. The van der Waals surface area contributed by atoms with E-state index >= 15 is 0 Å². The van der Waals surface area contributed by atoms with Crippen LogP contribution in [-0.2, 0) is 0 Å². The van der Waals surface area contributed by atoms with Crippen molar-refractivity contribution in [3.05, 3.63) is 0 Å². The zero-order chi connectivity index (χ0) is 12.1. The molecule has 100 valence electrons. The van der Waals surface area contributed by atoms with Crippen LogP contribution in [0.3, 0.4) is 0 Å². The molecule has 2 saturated heterocycles. The van der Waals surface area contributed by atoms with Crippen molar-refractivity contribution in [2.45, 2.75) is 31.3 Å². The van der Waals surface area contributed by atoms with Gasteiger partial charge in [0, 0.05) is 38.3 Å². The first-order valence-electron chi connectivity index (χ1n) is 7.08. The van der Waals surface area contributed by atoms with E-state index in [4.69, 9.17) is 0 Å². The highest BCUT2D eigenvalue weighted by Crippen LogP contribution is 2.08. The van der Waals surface area contributed by atoms with Crippen LogP contribution in [0.15, 0.2) is 0 Å². The average Bonchev–Trinajstić information content (AvgIpc) is 2.59. The smallest absolute Gasteiger partial charge is 0.0345 e. The predicted octanol–water partition coefficient (Wildman–Crippen LogP) is -0.0361. The van der Waals surface area contributed by atoms with Crippen molar-refractivity contribution in [1.82, 2.24) is 20.4 Å². The highest BCUT2D eigenvalue weighted by atomic mass is 15.3. The molecule has 0 aromatic carbocycles. The minimum absolute atomic E-state index is 0.685. The first-order chi connectivity index (χ1) is 8.25. The van der Waals surface area contributed by atoms with E-state index < -0.39 is 0 Å². The van der Waals surface area contributed by atoms with Crippen molar-refractivity contribution in [2.24, 2.45) is 0 Å². The van der Waals surface area contributed by atoms with E-state index in [2.05, 4.69) is 34.5 Å². The zero-order valence-electron chi connectivity index (χ0n) is 11.4. The largest absolute Gasteiger partial charge is 0.317 e. The zero-order valence-corrected chi connectivity index (χ0v) is 11.4. The maximum absolute atomic E-state index is 3.77. The van der Waals surface area contributed by atoms with E-state index in [1.807, 2.05) is 0 Å². The third-order valence-electron chi connectivity index (χ3n) is 4.20. The Hall–Kier alpha value is -0.160. The van der Waals surface area contributed by atoms with E-state index in [-0.39, 0.29) is 0 Å². The van der Waals surface area contributed by atoms with Gasteiger partial charge in [-0.2, -0.15) is 0 Å². The van der Waals surface area contributed by atoms with Gasteiger partial charge in [0.15, 0.2) is 0 Å². The van der Waals surface area contributed by atoms with Crippen molar-refractivity contribution >= 4 is 0 Å². The molecular weight excluding hydrogens is 212 g/mol. The monoisotopic (exact) mass is 240 g/mol. The molecule has 0 spiro atoms. The quantitative estimate of drug-likeness (QED) is 0.725. The Kier molecular flexibility index (Phi) is 5.22. The molecule has 0 saturated carbocycles. The predicted molar refractivity (Wildman–Crippen MR) is 72.4 cm³/mol. The third kappa shape index (κ3) is 4.21. The van der Waals surface area contributed by atoms with Crippen LogP contribution in [0.5, 0.6) is 0 Å². The summed E-state index contributed by atoms with van der Waals surface area (Å²) in [7, 11) is 4.49. The number of likely N-dealkylation sites (N-methyl/N-ethyl adjacent to an activating group) is 2. The molecule has 2 aliphatic rings. The van der Waals surface area contributed by atoms with E-state index in [0.29, 0.717) is 6.04 Å². The lowest BCUT2D eigenvalue weighted by Gasteiger charge is -2.38. The summed E-state index contributed by atoms with van der Waals surface area (Å²) in [5.41, 5.74) is 0. The van der Waals surface area contributed by atoms with Crippen molar-refractivity contribution in [3.63, 3.8) is 0 Å². The maximum atomic E-state index is 3.77. The van der Waals surface area contributed by atoms with Gasteiger partial charge in [-0.3, -0.25) is 4.90 Å². The van der Waals surface area contributed by atoms with Gasteiger partial charge in [0.1, 0.15) is 0 Å². The summed E-state index contributed by atoms with van der Waals surface area (Å²) in [6.45, 7) is 7.14. The van der Waals surface area contributed by atoms with E-state index in [1.54, 1.807) is 0 Å². The van der Waals surface area contributed by atoms with Gasteiger partial charge in [-0.25, -0.2) is 0 Å². The van der Waals surface area contributed by atoms with Gasteiger partial charge in [-0.15, -0.1) is 0 Å². The Bertz CT molecular complexity index is 213. The Balaban J connectivity index is 1.72. The second-order valence-electron chi connectivity index (χ2n) is 5.68. The fraction of sp³-hybridized carbons (Fsp3) is 1.00. The maximum Gasteiger partial charge on any atom is 0.0345 e. The van der Waals surface area contributed by atoms with E-state index in [0.717, 1.165) is 12.6 Å². The molecule has 2 fully saturated rings. The second kappa shape index (κ2) is 6.69. The second-order valence-corrected chi connectivity index (χ2v) is 5.68. The molecule has 0 bridgehead atoms. The first-order valence-corrected chi connectivity index (χ1v) is 7.08. The van der Waals surface area contributed by atoms with Gasteiger partial charge >= 0.3 is 0 Å². The molecule has 0 amide bonds. The van der Waals surface area contributed by atoms with Crippen molar-refractivity contribution < 1.29 is 0 Å². The van der Waals surface area contributed by atoms with Crippen molar-refractivity contribution in [1.29, 1.82) is 0 Å². The van der Waals surface area contributed by atoms with Gasteiger partial charge in [0.05, 0.1) is 0 Å². The van der Waals surface area contributed by atoms with Crippen LogP contribution in [0.1, 0.15) is 19.3 Å². The lowest BCUT2D eigenvalue weighted by molar-refractivity contribution is 0.111. The minimum Gasteiger partial charge on any atom is -0.317 e. The molecule has 0 aliphatic carbocycles. The van der Waals surface area contributed by atoms with Crippen LogP contribution in [-0.4, -0.2) is 75.2 Å². The topological polar surface area (TPSA) is 30.5 Å².